The van der Waals surface area contributed by atoms with Crippen LogP contribution in [0.25, 0.3) is 0 Å². The topological polar surface area (TPSA) is 49.0 Å². The fourth-order valence-electron chi connectivity index (χ4n) is 2.45. The van der Waals surface area contributed by atoms with Gasteiger partial charge in [0.25, 0.3) is 5.56 Å². The van der Waals surface area contributed by atoms with Gasteiger partial charge in [0.2, 0.25) is 0 Å². The Hall–Kier alpha value is -1.03. The van der Waals surface area contributed by atoms with E-state index in [9.17, 15) is 4.79 Å². The van der Waals surface area contributed by atoms with Crippen molar-refractivity contribution in [2.24, 2.45) is 11.8 Å². The van der Waals surface area contributed by atoms with Gasteiger partial charge in [-0.15, -0.1) is 0 Å². The van der Waals surface area contributed by atoms with Crippen molar-refractivity contribution in [2.75, 3.05) is 18.0 Å². The highest BCUT2D eigenvalue weighted by Gasteiger charge is 2.24. The number of aromatic amines is 1. The third-order valence-electron chi connectivity index (χ3n) is 2.99. The van der Waals surface area contributed by atoms with Crippen molar-refractivity contribution in [1.29, 1.82) is 0 Å². The Morgan fingerprint density at radius 1 is 1.44 bits per heavy atom. The summed E-state index contributed by atoms with van der Waals surface area (Å²) in [5.74, 6) is 1.25. The summed E-state index contributed by atoms with van der Waals surface area (Å²) >= 11 is 6.00. The maximum atomic E-state index is 11.4. The fourth-order valence-corrected chi connectivity index (χ4v) is 2.66. The molecule has 0 aromatic carbocycles. The van der Waals surface area contributed by atoms with Crippen molar-refractivity contribution in [3.63, 3.8) is 0 Å². The average molecular weight is 242 g/mol. The highest BCUT2D eigenvalue weighted by Crippen LogP contribution is 2.28. The maximum absolute atomic E-state index is 11.4. The smallest absolute Gasteiger partial charge is 0.285 e. The molecule has 0 saturated carbocycles. The van der Waals surface area contributed by atoms with Crippen LogP contribution in [-0.2, 0) is 0 Å². The zero-order valence-electron chi connectivity index (χ0n) is 9.53. The van der Waals surface area contributed by atoms with Gasteiger partial charge < -0.3 is 4.90 Å². The standard InChI is InChI=1S/C11H16ClN3O/c1-7-3-8(2)6-15(5-7)9-4-13-14-11(16)10(9)12/h4,7-8H,3,5-6H2,1-2H3,(H,14,16). The molecule has 1 aromatic rings. The molecule has 1 aliphatic rings. The Bertz CT molecular complexity index is 421. The zero-order valence-corrected chi connectivity index (χ0v) is 10.3. The van der Waals surface area contributed by atoms with Crippen LogP contribution < -0.4 is 10.5 Å². The first kappa shape index (κ1) is 11.5. The van der Waals surface area contributed by atoms with E-state index in [-0.39, 0.29) is 10.6 Å². The van der Waals surface area contributed by atoms with Gasteiger partial charge in [0.1, 0.15) is 5.02 Å². The number of halogens is 1. The summed E-state index contributed by atoms with van der Waals surface area (Å²) in [5.41, 5.74) is 0.439. The lowest BCUT2D eigenvalue weighted by Gasteiger charge is -2.36. The second-order valence-corrected chi connectivity index (χ2v) is 5.13. The molecule has 0 aliphatic carbocycles. The quantitative estimate of drug-likeness (QED) is 0.817. The van der Waals surface area contributed by atoms with Gasteiger partial charge in [-0.05, 0) is 18.3 Å². The molecule has 1 fully saturated rings. The van der Waals surface area contributed by atoms with Crippen LogP contribution in [0.2, 0.25) is 5.02 Å². The molecule has 0 bridgehead atoms. The molecule has 0 spiro atoms. The van der Waals surface area contributed by atoms with Crippen LogP contribution in [0.1, 0.15) is 20.3 Å². The summed E-state index contributed by atoms with van der Waals surface area (Å²) in [6.07, 6.45) is 2.86. The maximum Gasteiger partial charge on any atom is 0.285 e. The molecule has 2 unspecified atom stereocenters. The van der Waals surface area contributed by atoms with E-state index in [4.69, 9.17) is 11.6 Å². The number of hydrogen-bond donors (Lipinski definition) is 1. The molecule has 1 saturated heterocycles. The first-order valence-electron chi connectivity index (χ1n) is 5.56. The summed E-state index contributed by atoms with van der Waals surface area (Å²) in [4.78, 5) is 13.5. The minimum atomic E-state index is -0.315. The lowest BCUT2D eigenvalue weighted by molar-refractivity contribution is 0.356. The fraction of sp³-hybridized carbons (Fsp3) is 0.636. The Balaban J connectivity index is 2.30. The summed E-state index contributed by atoms with van der Waals surface area (Å²) in [7, 11) is 0. The van der Waals surface area contributed by atoms with Gasteiger partial charge in [0.05, 0.1) is 11.9 Å². The summed E-state index contributed by atoms with van der Waals surface area (Å²) in [5, 5.41) is 6.39. The second kappa shape index (κ2) is 4.45. The van der Waals surface area contributed by atoms with Gasteiger partial charge in [-0.2, -0.15) is 5.10 Å². The van der Waals surface area contributed by atoms with E-state index in [1.165, 1.54) is 6.42 Å². The number of piperidine rings is 1. The third kappa shape index (κ3) is 2.21. The van der Waals surface area contributed by atoms with Crippen molar-refractivity contribution in [3.05, 3.63) is 21.6 Å². The number of H-pyrrole nitrogens is 1. The summed E-state index contributed by atoms with van der Waals surface area (Å²) in [6, 6.07) is 0. The van der Waals surface area contributed by atoms with Gasteiger partial charge >= 0.3 is 0 Å². The predicted molar refractivity (Wildman–Crippen MR) is 65.0 cm³/mol. The largest absolute Gasteiger partial charge is 0.368 e. The van der Waals surface area contributed by atoms with Crippen molar-refractivity contribution < 1.29 is 0 Å². The Kier molecular flexibility index (Phi) is 3.19. The molecule has 4 nitrogen and oxygen atoms in total. The molecule has 0 radical (unpaired) electrons. The monoisotopic (exact) mass is 241 g/mol. The first-order chi connectivity index (χ1) is 7.58. The molecule has 16 heavy (non-hydrogen) atoms. The lowest BCUT2D eigenvalue weighted by Crippen LogP contribution is -2.39. The minimum Gasteiger partial charge on any atom is -0.368 e. The predicted octanol–water partition coefficient (Wildman–Crippen LogP) is 1.91. The molecule has 88 valence electrons. The van der Waals surface area contributed by atoms with Crippen LogP contribution in [0, 0.1) is 11.8 Å². The highest BCUT2D eigenvalue weighted by atomic mass is 35.5. The van der Waals surface area contributed by atoms with Gasteiger partial charge in [0, 0.05) is 13.1 Å². The van der Waals surface area contributed by atoms with Crippen molar-refractivity contribution in [3.8, 4) is 0 Å². The molecule has 1 N–H and O–H groups in total. The summed E-state index contributed by atoms with van der Waals surface area (Å²) < 4.78 is 0. The van der Waals surface area contributed by atoms with Crippen molar-refractivity contribution in [2.45, 2.75) is 20.3 Å². The number of nitrogens with one attached hydrogen (secondary N) is 1. The lowest BCUT2D eigenvalue weighted by atomic mass is 9.92. The van der Waals surface area contributed by atoms with Gasteiger partial charge in [-0.3, -0.25) is 4.79 Å². The van der Waals surface area contributed by atoms with E-state index in [2.05, 4.69) is 28.9 Å². The van der Waals surface area contributed by atoms with Gasteiger partial charge in [-0.1, -0.05) is 25.4 Å². The minimum absolute atomic E-state index is 0.247. The van der Waals surface area contributed by atoms with E-state index < -0.39 is 0 Å². The molecule has 2 heterocycles. The van der Waals surface area contributed by atoms with E-state index in [0.717, 1.165) is 18.8 Å². The highest BCUT2D eigenvalue weighted by molar-refractivity contribution is 6.32. The van der Waals surface area contributed by atoms with Crippen LogP contribution in [0.5, 0.6) is 0 Å². The number of nitrogens with zero attached hydrogens (tertiary/aromatic N) is 2. The normalized spacial score (nSPS) is 25.8. The van der Waals surface area contributed by atoms with Crippen LogP contribution in [0.3, 0.4) is 0 Å². The Morgan fingerprint density at radius 2 is 2.06 bits per heavy atom. The molecule has 5 heteroatoms. The Morgan fingerprint density at radius 3 is 2.69 bits per heavy atom. The molecule has 1 aromatic heterocycles. The SMILES string of the molecule is CC1CC(C)CN(c2cn[nH]c(=O)c2Cl)C1. The zero-order chi connectivity index (χ0) is 11.7. The Labute approximate surface area is 99.6 Å². The van der Waals surface area contributed by atoms with Crippen LogP contribution in [0.15, 0.2) is 11.0 Å². The first-order valence-corrected chi connectivity index (χ1v) is 5.94. The van der Waals surface area contributed by atoms with Crippen molar-refractivity contribution in [1.82, 2.24) is 10.2 Å². The molecule has 1 aliphatic heterocycles. The van der Waals surface area contributed by atoms with Crippen LogP contribution >= 0.6 is 11.6 Å². The second-order valence-electron chi connectivity index (χ2n) is 4.75. The van der Waals surface area contributed by atoms with Crippen LogP contribution in [0.4, 0.5) is 5.69 Å². The van der Waals surface area contributed by atoms with E-state index >= 15 is 0 Å². The van der Waals surface area contributed by atoms with Crippen LogP contribution in [-0.4, -0.2) is 23.3 Å². The number of anilines is 1. The third-order valence-corrected chi connectivity index (χ3v) is 3.35. The number of rotatable bonds is 1. The average Bonchev–Trinajstić information content (AvgIpc) is 2.20. The van der Waals surface area contributed by atoms with Crippen molar-refractivity contribution >= 4 is 17.3 Å². The van der Waals surface area contributed by atoms with Gasteiger partial charge in [0.15, 0.2) is 0 Å². The van der Waals surface area contributed by atoms with E-state index in [1.54, 1.807) is 6.20 Å². The summed E-state index contributed by atoms with van der Waals surface area (Å²) in [6.45, 7) is 6.32. The number of aromatic nitrogens is 2. The molecule has 2 rings (SSSR count). The van der Waals surface area contributed by atoms with E-state index in [0.29, 0.717) is 11.8 Å². The van der Waals surface area contributed by atoms with Gasteiger partial charge in [-0.25, -0.2) is 5.10 Å². The molecule has 2 atom stereocenters. The number of hydrogen-bond acceptors (Lipinski definition) is 3. The molecular formula is C11H16ClN3O. The molecule has 0 amide bonds. The van der Waals surface area contributed by atoms with E-state index in [1.807, 2.05) is 0 Å². The molecular weight excluding hydrogens is 226 g/mol.